The van der Waals surface area contributed by atoms with Crippen LogP contribution in [0.5, 0.6) is 46.0 Å². The maximum absolute atomic E-state index is 13.1. The lowest BCUT2D eigenvalue weighted by atomic mass is 10.1. The molecule has 4 aliphatic rings. The molecule has 26 heteroatoms. The molecule has 4 saturated heterocycles. The first kappa shape index (κ1) is 78.3. The number of epoxide rings is 4. The second kappa shape index (κ2) is 40.9. The number of aliphatic hydroxyl groups excluding tert-OH is 1. The van der Waals surface area contributed by atoms with Gasteiger partial charge in [0.05, 0.1) is 26.4 Å². The summed E-state index contributed by atoms with van der Waals surface area (Å²) >= 11 is 0. The first-order chi connectivity index (χ1) is 50.9. The van der Waals surface area contributed by atoms with Gasteiger partial charge in [0.15, 0.2) is 6.10 Å². The van der Waals surface area contributed by atoms with Crippen LogP contribution >= 0.6 is 0 Å². The quantitative estimate of drug-likeness (QED) is 0.0155. The molecule has 4 aliphatic heterocycles. The minimum absolute atomic E-state index is 0.0674. The molecule has 0 aliphatic carbocycles. The van der Waals surface area contributed by atoms with Gasteiger partial charge in [0, 0.05) is 79.8 Å². The average molecular weight is 1470 g/mol. The zero-order valence-electron chi connectivity index (χ0n) is 60.3. The second-order valence-electron chi connectivity index (χ2n) is 24.6. The number of carbonyl (C=O) groups is 1. The SMILES string of the molecule is CCO[Si](CCCNC(=O)OC(COc1ccc2c(OCC3CO3)cccc2c1)COc1ccc2c(OCC3CO3)cccc2c1)(OCC)OCC.CCO[Si](CCCOC#N)(OCC)OCC.OC(COc1ccc2c(OCC3CO3)cccc2c1)COc1ccc2c(OCC3CO3)cccc2c1. The molecule has 560 valence electrons. The van der Waals surface area contributed by atoms with Gasteiger partial charge in [0.2, 0.25) is 0 Å². The molecular weight excluding hydrogens is 1370 g/mol. The van der Waals surface area contributed by atoms with Crippen molar-refractivity contribution in [3.63, 3.8) is 0 Å². The van der Waals surface area contributed by atoms with Crippen LogP contribution in [0.25, 0.3) is 43.1 Å². The fourth-order valence-corrected chi connectivity index (χ4v) is 16.4. The van der Waals surface area contributed by atoms with Gasteiger partial charge in [0.25, 0.3) is 6.26 Å². The number of amides is 1. The van der Waals surface area contributed by atoms with Gasteiger partial charge >= 0.3 is 23.7 Å². The summed E-state index contributed by atoms with van der Waals surface area (Å²) in [5, 5.41) is 29.5. The number of benzene rings is 8. The molecule has 0 aromatic heterocycles. The second-order valence-corrected chi connectivity index (χ2v) is 30.0. The molecule has 0 radical (unpaired) electrons. The summed E-state index contributed by atoms with van der Waals surface area (Å²) in [6, 6.07) is 48.1. The van der Waals surface area contributed by atoms with Crippen LogP contribution in [0.3, 0.4) is 0 Å². The van der Waals surface area contributed by atoms with Gasteiger partial charge in [-0.05, 0) is 173 Å². The van der Waals surface area contributed by atoms with Gasteiger partial charge in [-0.1, -0.05) is 48.5 Å². The molecule has 4 unspecified atom stereocenters. The summed E-state index contributed by atoms with van der Waals surface area (Å²) in [5.41, 5.74) is 0. The molecule has 104 heavy (non-hydrogen) atoms. The number of nitrogens with one attached hydrogen (secondary N) is 1. The monoisotopic (exact) mass is 1470 g/mol. The summed E-state index contributed by atoms with van der Waals surface area (Å²) in [5.74, 6) is 5.85. The van der Waals surface area contributed by atoms with Crippen molar-refractivity contribution < 1.29 is 103 Å². The van der Waals surface area contributed by atoms with E-state index in [1.165, 1.54) is 0 Å². The zero-order chi connectivity index (χ0) is 72.8. The molecule has 1 amide bonds. The molecule has 4 atom stereocenters. The van der Waals surface area contributed by atoms with E-state index in [1.807, 2.05) is 187 Å². The Balaban J connectivity index is 0.000000192. The number of nitrogens with zero attached hydrogens (tertiary/aromatic N) is 1. The Kier molecular flexibility index (Phi) is 30.8. The summed E-state index contributed by atoms with van der Waals surface area (Å²) < 4.78 is 114. The predicted molar refractivity (Wildman–Crippen MR) is 395 cm³/mol. The summed E-state index contributed by atoms with van der Waals surface area (Å²) in [6.07, 6.45) is 1.62. The van der Waals surface area contributed by atoms with Crippen molar-refractivity contribution in [1.29, 1.82) is 5.26 Å². The highest BCUT2D eigenvalue weighted by Crippen LogP contribution is 2.35. The van der Waals surface area contributed by atoms with E-state index in [-0.39, 0.29) is 50.8 Å². The number of nitriles is 1. The van der Waals surface area contributed by atoms with Crippen LogP contribution in [0.15, 0.2) is 146 Å². The summed E-state index contributed by atoms with van der Waals surface area (Å²) in [7, 11) is -5.35. The molecule has 4 heterocycles. The molecule has 0 saturated carbocycles. The van der Waals surface area contributed by atoms with Crippen LogP contribution < -0.4 is 43.2 Å². The molecule has 12 rings (SSSR count). The highest BCUT2D eigenvalue weighted by molar-refractivity contribution is 6.61. The van der Waals surface area contributed by atoms with Crippen LogP contribution in [-0.4, -0.2) is 198 Å². The van der Waals surface area contributed by atoms with Crippen LogP contribution in [-0.2, 0) is 55.0 Å². The first-order valence-electron chi connectivity index (χ1n) is 36.0. The van der Waals surface area contributed by atoms with E-state index in [2.05, 4.69) is 10.1 Å². The highest BCUT2D eigenvalue weighted by atomic mass is 28.4. The van der Waals surface area contributed by atoms with Gasteiger partial charge in [-0.25, -0.2) is 4.79 Å². The lowest BCUT2D eigenvalue weighted by molar-refractivity contribution is 0.0354. The van der Waals surface area contributed by atoms with Crippen molar-refractivity contribution in [3.05, 3.63) is 146 Å². The molecule has 4 fully saturated rings. The van der Waals surface area contributed by atoms with E-state index in [9.17, 15) is 9.90 Å². The number of alkyl carbamates (subject to hydrolysis) is 1. The van der Waals surface area contributed by atoms with Crippen LogP contribution in [0.1, 0.15) is 54.4 Å². The van der Waals surface area contributed by atoms with Gasteiger partial charge in [-0.2, -0.15) is 5.26 Å². The third-order valence-electron chi connectivity index (χ3n) is 16.5. The number of hydrogen-bond acceptors (Lipinski definition) is 23. The van der Waals surface area contributed by atoms with E-state index in [0.29, 0.717) is 127 Å². The molecule has 24 nitrogen and oxygen atoms in total. The molecule has 0 bridgehead atoms. The fraction of sp³-hybridized carbons (Fsp3) is 0.462. The van der Waals surface area contributed by atoms with Crippen LogP contribution in [0, 0.1) is 11.5 Å². The minimum atomic E-state index is -2.82. The maximum atomic E-state index is 13.1. The topological polar surface area (TPSA) is 271 Å². The Hall–Kier alpha value is -8.25. The predicted octanol–water partition coefficient (Wildman–Crippen LogP) is 12.8. The van der Waals surface area contributed by atoms with Crippen molar-refractivity contribution in [2.24, 2.45) is 0 Å². The fourth-order valence-electron chi connectivity index (χ4n) is 11.2. The van der Waals surface area contributed by atoms with E-state index in [0.717, 1.165) is 92.5 Å². The summed E-state index contributed by atoms with van der Waals surface area (Å²) in [6.45, 7) is 21.0. The maximum Gasteiger partial charge on any atom is 0.501 e. The van der Waals surface area contributed by atoms with E-state index < -0.39 is 35.9 Å². The lowest BCUT2D eigenvalue weighted by Gasteiger charge is -2.28. The van der Waals surface area contributed by atoms with Crippen molar-refractivity contribution in [2.75, 3.05) is 132 Å². The highest BCUT2D eigenvalue weighted by Gasteiger charge is 2.41. The van der Waals surface area contributed by atoms with Gasteiger partial charge < -0.3 is 103 Å². The molecule has 8 aromatic rings. The van der Waals surface area contributed by atoms with Crippen LogP contribution in [0.4, 0.5) is 4.79 Å². The van der Waals surface area contributed by atoms with E-state index >= 15 is 0 Å². The van der Waals surface area contributed by atoms with Gasteiger partial charge in [0.1, 0.15) is 136 Å². The lowest BCUT2D eigenvalue weighted by Crippen LogP contribution is -2.46. The van der Waals surface area contributed by atoms with Gasteiger partial charge in [-0.3, -0.25) is 0 Å². The summed E-state index contributed by atoms with van der Waals surface area (Å²) in [4.78, 5) is 13.1. The third kappa shape index (κ3) is 25.2. The Morgan fingerprint density at radius 3 is 1.06 bits per heavy atom. The van der Waals surface area contributed by atoms with Crippen molar-refractivity contribution in [2.45, 2.75) is 103 Å². The van der Waals surface area contributed by atoms with Crippen molar-refractivity contribution >= 4 is 66.8 Å². The smallest absolute Gasteiger partial charge is 0.491 e. The number of carbonyl (C=O) groups excluding carboxylic acids is 1. The number of rotatable bonds is 45. The normalized spacial score (nSPS) is 16.9. The van der Waals surface area contributed by atoms with Crippen molar-refractivity contribution in [1.82, 2.24) is 5.32 Å². The average Bonchev–Trinajstić information content (AvgIpc) is 1.72. The molecular formula is C78H98N2O22Si2. The third-order valence-corrected chi connectivity index (χ3v) is 22.8. The zero-order valence-corrected chi connectivity index (χ0v) is 62.3. The Morgan fingerprint density at radius 2 is 0.760 bits per heavy atom. The number of hydrogen-bond donors (Lipinski definition) is 2. The standard InChI is InChI=1S/C39H49NO11Si.C29H28O7.C10H21NO4Si/c1-4-48-52(49-5-2,50-6-3)19-9-18-40-39(41)51-34(26-42-30-14-16-35-28(20-30)10-7-12-37(35)46-24-32-22-44-32)27-43-31-15-17-36-29(21-31)11-8-13-38(36)47-25-33-23-45-33;30-21(13-31-22-7-9-26-19(11-22)3-1-5-28(26)35-17-24-15-33-24)14-32-23-8-10-27-20(12-23)4-2-6-29(27)36-18-25-16-34-25;1-4-13-16(14-5-2,15-6-3)9-7-8-12-10-11/h7-8,10-17,20-21,32-34H,4-6,9,18-19,22-27H2,1-3H3,(H,40,41);1-12,21,24-25,30H,13-18H2;4-9H2,1-3H3. The first-order valence-corrected chi connectivity index (χ1v) is 39.9. The number of fused-ring (bicyclic) bond motifs is 4. The van der Waals surface area contributed by atoms with Crippen LogP contribution in [0.2, 0.25) is 12.1 Å². The molecule has 0 spiro atoms. The number of ether oxygens (including phenoxy) is 14. The Bertz CT molecular complexity index is 3740. The van der Waals surface area contributed by atoms with E-state index in [4.69, 9.17) is 93.4 Å². The number of aliphatic hydroxyl groups is 1. The van der Waals surface area contributed by atoms with Crippen molar-refractivity contribution in [3.8, 4) is 52.3 Å². The Labute approximate surface area is 610 Å². The largest absolute Gasteiger partial charge is 0.501 e. The molecule has 8 aromatic carbocycles. The molecule has 2 N–H and O–H groups in total. The van der Waals surface area contributed by atoms with Gasteiger partial charge in [-0.15, -0.1) is 0 Å². The Morgan fingerprint density at radius 1 is 0.452 bits per heavy atom. The minimum Gasteiger partial charge on any atom is -0.491 e. The van der Waals surface area contributed by atoms with E-state index in [1.54, 1.807) is 6.26 Å².